The van der Waals surface area contributed by atoms with E-state index in [0.29, 0.717) is 25.1 Å². The number of nitriles is 1. The normalized spacial score (nSPS) is 20.2. The van der Waals surface area contributed by atoms with Crippen molar-refractivity contribution in [3.05, 3.63) is 35.4 Å². The monoisotopic (exact) mass is 245 g/mol. The van der Waals surface area contributed by atoms with Crippen LogP contribution in [-0.2, 0) is 4.79 Å². The lowest BCUT2D eigenvalue weighted by Gasteiger charge is -2.15. The SMILES string of the molecule is N#Cc1ccc(C(O)CNC2CNC(=O)C2)cc1. The van der Waals surface area contributed by atoms with Crippen LogP contribution < -0.4 is 10.6 Å². The van der Waals surface area contributed by atoms with Gasteiger partial charge in [0.2, 0.25) is 5.91 Å². The highest BCUT2D eigenvalue weighted by Gasteiger charge is 2.21. The second-order valence-corrected chi connectivity index (χ2v) is 4.36. The number of aliphatic hydroxyl groups is 1. The van der Waals surface area contributed by atoms with E-state index in [1.807, 2.05) is 6.07 Å². The molecule has 0 radical (unpaired) electrons. The molecule has 1 heterocycles. The maximum atomic E-state index is 11.0. The number of amides is 1. The fraction of sp³-hybridized carbons (Fsp3) is 0.385. The molecule has 1 amide bonds. The molecule has 3 N–H and O–H groups in total. The van der Waals surface area contributed by atoms with E-state index in [9.17, 15) is 9.90 Å². The van der Waals surface area contributed by atoms with Crippen molar-refractivity contribution in [2.45, 2.75) is 18.6 Å². The highest BCUT2D eigenvalue weighted by Crippen LogP contribution is 2.13. The third-order valence-corrected chi connectivity index (χ3v) is 3.00. The van der Waals surface area contributed by atoms with Gasteiger partial charge in [-0.25, -0.2) is 0 Å². The van der Waals surface area contributed by atoms with Gasteiger partial charge in [0, 0.05) is 25.6 Å². The number of carbonyl (C=O) groups is 1. The molecule has 1 aliphatic rings. The summed E-state index contributed by atoms with van der Waals surface area (Å²) in [4.78, 5) is 11.0. The Morgan fingerprint density at radius 3 is 2.78 bits per heavy atom. The number of hydrogen-bond donors (Lipinski definition) is 3. The number of nitrogens with zero attached hydrogens (tertiary/aromatic N) is 1. The standard InChI is InChI=1S/C13H15N3O2/c14-6-9-1-3-10(4-2-9)12(17)8-15-11-5-13(18)16-7-11/h1-4,11-12,15,17H,5,7-8H2,(H,16,18). The number of rotatable bonds is 4. The van der Waals surface area contributed by atoms with Crippen LogP contribution in [0.2, 0.25) is 0 Å². The van der Waals surface area contributed by atoms with E-state index >= 15 is 0 Å². The van der Waals surface area contributed by atoms with Crippen molar-refractivity contribution in [3.63, 3.8) is 0 Å². The number of hydrogen-bond acceptors (Lipinski definition) is 4. The van der Waals surface area contributed by atoms with E-state index in [2.05, 4.69) is 10.6 Å². The number of nitrogens with one attached hydrogen (secondary N) is 2. The summed E-state index contributed by atoms with van der Waals surface area (Å²) in [5.74, 6) is 0.0420. The lowest BCUT2D eigenvalue weighted by Crippen LogP contribution is -2.34. The predicted octanol–water partition coefficient (Wildman–Crippen LogP) is 0.0698. The molecule has 0 spiro atoms. The molecule has 1 fully saturated rings. The summed E-state index contributed by atoms with van der Waals surface area (Å²) in [6, 6.07) is 8.96. The van der Waals surface area contributed by atoms with Crippen LogP contribution in [0, 0.1) is 11.3 Å². The van der Waals surface area contributed by atoms with E-state index < -0.39 is 6.10 Å². The summed E-state index contributed by atoms with van der Waals surface area (Å²) in [5, 5.41) is 24.5. The first-order chi connectivity index (χ1) is 8.69. The Kier molecular flexibility index (Phi) is 3.92. The molecule has 1 aromatic rings. The third kappa shape index (κ3) is 3.06. The Bertz CT molecular complexity index is 464. The highest BCUT2D eigenvalue weighted by atomic mass is 16.3. The lowest BCUT2D eigenvalue weighted by molar-refractivity contribution is -0.119. The summed E-state index contributed by atoms with van der Waals surface area (Å²) in [5.41, 5.74) is 1.34. The quantitative estimate of drug-likeness (QED) is 0.700. The molecule has 0 bridgehead atoms. The molecule has 18 heavy (non-hydrogen) atoms. The first-order valence-electron chi connectivity index (χ1n) is 5.87. The first-order valence-corrected chi connectivity index (χ1v) is 5.87. The van der Waals surface area contributed by atoms with Crippen molar-refractivity contribution < 1.29 is 9.90 Å². The number of benzene rings is 1. The van der Waals surface area contributed by atoms with Crippen LogP contribution in [0.5, 0.6) is 0 Å². The van der Waals surface area contributed by atoms with E-state index in [4.69, 9.17) is 5.26 Å². The molecule has 2 unspecified atom stereocenters. The zero-order valence-corrected chi connectivity index (χ0v) is 9.89. The zero-order valence-electron chi connectivity index (χ0n) is 9.89. The van der Waals surface area contributed by atoms with Crippen LogP contribution in [-0.4, -0.2) is 30.1 Å². The van der Waals surface area contributed by atoms with Crippen LogP contribution in [0.15, 0.2) is 24.3 Å². The summed E-state index contributed by atoms with van der Waals surface area (Å²) < 4.78 is 0. The molecule has 2 atom stereocenters. The zero-order chi connectivity index (χ0) is 13.0. The van der Waals surface area contributed by atoms with Crippen molar-refractivity contribution in [2.75, 3.05) is 13.1 Å². The summed E-state index contributed by atoms with van der Waals surface area (Å²) in [7, 11) is 0. The second kappa shape index (κ2) is 5.63. The van der Waals surface area contributed by atoms with Crippen molar-refractivity contribution in [2.24, 2.45) is 0 Å². The Morgan fingerprint density at radius 2 is 2.22 bits per heavy atom. The number of carbonyl (C=O) groups excluding carboxylic acids is 1. The molecule has 0 aromatic heterocycles. The average Bonchev–Trinajstić information content (AvgIpc) is 2.82. The van der Waals surface area contributed by atoms with Crippen LogP contribution in [0.1, 0.15) is 23.7 Å². The van der Waals surface area contributed by atoms with E-state index in [1.165, 1.54) is 0 Å². The molecular formula is C13H15N3O2. The van der Waals surface area contributed by atoms with Crippen molar-refractivity contribution in [1.29, 1.82) is 5.26 Å². The van der Waals surface area contributed by atoms with E-state index in [0.717, 1.165) is 5.56 Å². The average molecular weight is 245 g/mol. The van der Waals surface area contributed by atoms with Gasteiger partial charge in [-0.05, 0) is 17.7 Å². The molecule has 0 saturated carbocycles. The first kappa shape index (κ1) is 12.6. The lowest BCUT2D eigenvalue weighted by atomic mass is 10.1. The molecule has 2 rings (SSSR count). The molecule has 0 aliphatic carbocycles. The second-order valence-electron chi connectivity index (χ2n) is 4.36. The van der Waals surface area contributed by atoms with Crippen LogP contribution in [0.4, 0.5) is 0 Å². The summed E-state index contributed by atoms with van der Waals surface area (Å²) in [6.45, 7) is 1.00. The van der Waals surface area contributed by atoms with Crippen molar-refractivity contribution >= 4 is 5.91 Å². The molecule has 5 heteroatoms. The van der Waals surface area contributed by atoms with Gasteiger partial charge in [-0.15, -0.1) is 0 Å². The summed E-state index contributed by atoms with van der Waals surface area (Å²) >= 11 is 0. The van der Waals surface area contributed by atoms with Gasteiger partial charge < -0.3 is 15.7 Å². The molecule has 1 aromatic carbocycles. The Balaban J connectivity index is 1.85. The van der Waals surface area contributed by atoms with Gasteiger partial charge in [-0.3, -0.25) is 4.79 Å². The van der Waals surface area contributed by atoms with Gasteiger partial charge in [0.25, 0.3) is 0 Å². The molecule has 1 saturated heterocycles. The van der Waals surface area contributed by atoms with Crippen LogP contribution in [0.3, 0.4) is 0 Å². The fourth-order valence-corrected chi connectivity index (χ4v) is 1.93. The Hall–Kier alpha value is -1.90. The minimum absolute atomic E-state index is 0.0420. The largest absolute Gasteiger partial charge is 0.387 e. The predicted molar refractivity (Wildman–Crippen MR) is 65.5 cm³/mol. The van der Waals surface area contributed by atoms with Gasteiger partial charge in [0.05, 0.1) is 17.7 Å². The Labute approximate surface area is 105 Å². The third-order valence-electron chi connectivity index (χ3n) is 3.00. The van der Waals surface area contributed by atoms with Gasteiger partial charge >= 0.3 is 0 Å². The van der Waals surface area contributed by atoms with E-state index in [-0.39, 0.29) is 11.9 Å². The maximum Gasteiger partial charge on any atom is 0.221 e. The topological polar surface area (TPSA) is 85.2 Å². The van der Waals surface area contributed by atoms with Crippen molar-refractivity contribution in [3.8, 4) is 6.07 Å². The van der Waals surface area contributed by atoms with Crippen LogP contribution >= 0.6 is 0 Å². The smallest absolute Gasteiger partial charge is 0.221 e. The van der Waals surface area contributed by atoms with Crippen LogP contribution in [0.25, 0.3) is 0 Å². The Morgan fingerprint density at radius 1 is 1.50 bits per heavy atom. The number of aliphatic hydroxyl groups excluding tert-OH is 1. The highest BCUT2D eigenvalue weighted by molar-refractivity contribution is 5.78. The van der Waals surface area contributed by atoms with Gasteiger partial charge in [-0.2, -0.15) is 5.26 Å². The minimum atomic E-state index is -0.631. The maximum absolute atomic E-state index is 11.0. The molecule has 94 valence electrons. The summed E-state index contributed by atoms with van der Waals surface area (Å²) in [6.07, 6.45) is -0.173. The van der Waals surface area contributed by atoms with E-state index in [1.54, 1.807) is 24.3 Å². The van der Waals surface area contributed by atoms with Crippen molar-refractivity contribution in [1.82, 2.24) is 10.6 Å². The van der Waals surface area contributed by atoms with Gasteiger partial charge in [-0.1, -0.05) is 12.1 Å². The fourth-order valence-electron chi connectivity index (χ4n) is 1.93. The molecule has 5 nitrogen and oxygen atoms in total. The van der Waals surface area contributed by atoms with Gasteiger partial charge in [0.15, 0.2) is 0 Å². The van der Waals surface area contributed by atoms with Gasteiger partial charge in [0.1, 0.15) is 0 Å². The minimum Gasteiger partial charge on any atom is -0.387 e. The molecular weight excluding hydrogens is 230 g/mol. The molecule has 1 aliphatic heterocycles.